The molecule has 0 bridgehead atoms. The van der Waals surface area contributed by atoms with E-state index in [1.54, 1.807) is 42.8 Å². The minimum absolute atomic E-state index is 0.141. The van der Waals surface area contributed by atoms with Gasteiger partial charge in [0, 0.05) is 11.9 Å². The molecule has 1 aromatic carbocycles. The van der Waals surface area contributed by atoms with Crippen molar-refractivity contribution in [1.29, 1.82) is 0 Å². The number of hydrogen-bond donors (Lipinski definition) is 3. The summed E-state index contributed by atoms with van der Waals surface area (Å²) in [6, 6.07) is 12.7. The molecule has 0 radical (unpaired) electrons. The van der Waals surface area contributed by atoms with Gasteiger partial charge in [-0.2, -0.15) is 5.10 Å². The number of amides is 1. The number of carbonyl (C=O) groups is 1. The van der Waals surface area contributed by atoms with E-state index in [2.05, 4.69) is 15.7 Å². The molecule has 1 unspecified atom stereocenters. The van der Waals surface area contributed by atoms with Crippen molar-refractivity contribution in [3.8, 4) is 0 Å². The van der Waals surface area contributed by atoms with E-state index in [1.807, 2.05) is 24.3 Å². The number of pyridine rings is 1. The second kappa shape index (κ2) is 7.11. The first-order valence-electron chi connectivity index (χ1n) is 10.3. The molecule has 2 aliphatic rings. The van der Waals surface area contributed by atoms with Crippen LogP contribution in [0.1, 0.15) is 35.5 Å². The van der Waals surface area contributed by atoms with Crippen LogP contribution in [0.4, 0.5) is 5.69 Å². The van der Waals surface area contributed by atoms with Gasteiger partial charge in [0.2, 0.25) is 0 Å². The number of fused-ring (bicyclic) bond motifs is 3. The summed E-state index contributed by atoms with van der Waals surface area (Å²) >= 11 is 0. The first kappa shape index (κ1) is 21.1. The molecule has 0 saturated carbocycles. The lowest BCUT2D eigenvalue weighted by atomic mass is 9.85. The van der Waals surface area contributed by atoms with Crippen molar-refractivity contribution in [1.82, 2.24) is 14.9 Å². The van der Waals surface area contributed by atoms with E-state index in [0.29, 0.717) is 12.3 Å². The number of aromatic nitrogens is 2. The van der Waals surface area contributed by atoms with Gasteiger partial charge in [0.25, 0.3) is 5.91 Å². The molecule has 2 aliphatic heterocycles. The fourth-order valence-electron chi connectivity index (χ4n) is 4.34. The lowest BCUT2D eigenvalue weighted by Gasteiger charge is -2.49. The van der Waals surface area contributed by atoms with Crippen LogP contribution in [0.15, 0.2) is 48.7 Å². The van der Waals surface area contributed by atoms with Gasteiger partial charge in [-0.15, -0.1) is 0 Å². The fraction of sp³-hybridized carbons (Fsp3) is 0.364. The van der Waals surface area contributed by atoms with Crippen molar-refractivity contribution in [2.45, 2.75) is 36.9 Å². The van der Waals surface area contributed by atoms with Gasteiger partial charge in [-0.3, -0.25) is 10.1 Å². The quantitative estimate of drug-likeness (QED) is 0.533. The lowest BCUT2D eigenvalue weighted by Crippen LogP contribution is -2.72. The number of ether oxygens (including phenoxy) is 1. The Kier molecular flexibility index (Phi) is 4.68. The molecule has 0 aliphatic carbocycles. The van der Waals surface area contributed by atoms with Gasteiger partial charge in [0.1, 0.15) is 0 Å². The van der Waals surface area contributed by atoms with Crippen LogP contribution in [0.3, 0.4) is 0 Å². The molecule has 3 aromatic rings. The molecular formula is C22H25N5O4S. The maximum atomic E-state index is 13.1. The Morgan fingerprint density at radius 1 is 1.28 bits per heavy atom. The summed E-state index contributed by atoms with van der Waals surface area (Å²) in [5.74, 6) is -0.492. The predicted molar refractivity (Wildman–Crippen MR) is 120 cm³/mol. The lowest BCUT2D eigenvalue weighted by molar-refractivity contribution is 0.0339. The molecule has 1 spiro atoms. The first-order valence-corrected chi connectivity index (χ1v) is 12.0. The van der Waals surface area contributed by atoms with Crippen LogP contribution < -0.4 is 16.4 Å². The molecule has 1 saturated heterocycles. The van der Waals surface area contributed by atoms with Crippen LogP contribution >= 0.6 is 0 Å². The van der Waals surface area contributed by atoms with Gasteiger partial charge in [-0.05, 0) is 55.3 Å². The Morgan fingerprint density at radius 3 is 2.84 bits per heavy atom. The molecular weight excluding hydrogens is 430 g/mol. The van der Waals surface area contributed by atoms with E-state index in [9.17, 15) is 13.2 Å². The summed E-state index contributed by atoms with van der Waals surface area (Å²) in [4.78, 5) is 12.8. The molecule has 9 nitrogen and oxygen atoms in total. The number of benzene rings is 1. The Balaban J connectivity index is 1.49. The number of hydrogen-bond acceptors (Lipinski definition) is 7. The van der Waals surface area contributed by atoms with E-state index >= 15 is 0 Å². The molecule has 4 N–H and O–H groups in total. The Labute approximate surface area is 185 Å². The Hall–Kier alpha value is -2.79. The number of nitrogens with zero attached hydrogens (tertiary/aromatic N) is 2. The zero-order chi connectivity index (χ0) is 22.7. The second-order valence-corrected chi connectivity index (χ2v) is 11.6. The maximum absolute atomic E-state index is 13.1. The van der Waals surface area contributed by atoms with Crippen LogP contribution in [-0.4, -0.2) is 47.2 Å². The highest BCUT2D eigenvalue weighted by Gasteiger charge is 2.54. The molecule has 2 atom stereocenters. The summed E-state index contributed by atoms with van der Waals surface area (Å²) in [5, 5.41) is 10.5. The number of nitrogens with one attached hydrogen (secondary N) is 2. The summed E-state index contributed by atoms with van der Waals surface area (Å²) in [6.45, 7) is 3.79. The molecule has 2 aromatic heterocycles. The maximum Gasteiger partial charge on any atom is 0.276 e. The van der Waals surface area contributed by atoms with Gasteiger partial charge in [-0.25, -0.2) is 12.9 Å². The summed E-state index contributed by atoms with van der Waals surface area (Å²) < 4.78 is 32.4. The van der Waals surface area contributed by atoms with Crippen LogP contribution in [0.25, 0.3) is 5.52 Å². The minimum Gasteiger partial charge on any atom is -0.374 e. The summed E-state index contributed by atoms with van der Waals surface area (Å²) in [5.41, 5.74) is 8.55. The third-order valence-corrected chi connectivity index (χ3v) is 9.24. The number of nitrogens with two attached hydrogens (primary N) is 1. The number of rotatable bonds is 2. The highest BCUT2D eigenvalue weighted by molar-refractivity contribution is 7.92. The average molecular weight is 456 g/mol. The normalized spacial score (nSPS) is 26.0. The van der Waals surface area contributed by atoms with Crippen LogP contribution in [-0.2, 0) is 26.7 Å². The molecule has 1 amide bonds. The molecule has 4 heterocycles. The standard InChI is InChI=1S/C22H25N5O4S/c1-21(2)20(23)25-22(13-32(21,29)30)12-31-11-14-6-7-15(9-17(14)22)24-19(28)18-10-16-5-3-4-8-27(16)26-18/h3-10,20,25H,11-13,23H2,1-2H3,(H,24,28)/t20?,22-/m0/s1. The second-order valence-electron chi connectivity index (χ2n) is 8.99. The zero-order valence-electron chi connectivity index (χ0n) is 17.8. The van der Waals surface area contributed by atoms with E-state index in [4.69, 9.17) is 10.5 Å². The molecule has 5 rings (SSSR count). The number of carbonyl (C=O) groups excluding carboxylic acids is 1. The van der Waals surface area contributed by atoms with Crippen molar-refractivity contribution >= 4 is 26.9 Å². The Bertz CT molecular complexity index is 1300. The van der Waals surface area contributed by atoms with Crippen molar-refractivity contribution < 1.29 is 17.9 Å². The van der Waals surface area contributed by atoms with Gasteiger partial charge < -0.3 is 15.8 Å². The molecule has 168 valence electrons. The first-order chi connectivity index (χ1) is 15.1. The Morgan fingerprint density at radius 2 is 2.09 bits per heavy atom. The summed E-state index contributed by atoms with van der Waals surface area (Å²) in [7, 11) is -3.52. The fourth-order valence-corrected chi connectivity index (χ4v) is 6.13. The van der Waals surface area contributed by atoms with Gasteiger partial charge >= 0.3 is 0 Å². The predicted octanol–water partition coefficient (Wildman–Crippen LogP) is 1.39. The number of sulfone groups is 1. The van der Waals surface area contributed by atoms with Gasteiger partial charge in [0.15, 0.2) is 15.5 Å². The molecule has 32 heavy (non-hydrogen) atoms. The van der Waals surface area contributed by atoms with E-state index in [1.165, 1.54) is 0 Å². The van der Waals surface area contributed by atoms with Crippen molar-refractivity contribution in [2.75, 3.05) is 17.7 Å². The van der Waals surface area contributed by atoms with Crippen molar-refractivity contribution in [3.63, 3.8) is 0 Å². The minimum atomic E-state index is -3.52. The highest BCUT2D eigenvalue weighted by atomic mass is 32.2. The smallest absolute Gasteiger partial charge is 0.276 e. The van der Waals surface area contributed by atoms with Crippen LogP contribution in [0.2, 0.25) is 0 Å². The molecule has 10 heteroatoms. The van der Waals surface area contributed by atoms with Crippen LogP contribution in [0, 0.1) is 0 Å². The van der Waals surface area contributed by atoms with Crippen molar-refractivity contribution in [3.05, 3.63) is 65.5 Å². The largest absolute Gasteiger partial charge is 0.374 e. The summed E-state index contributed by atoms with van der Waals surface area (Å²) in [6.07, 6.45) is 1.00. The zero-order valence-corrected chi connectivity index (χ0v) is 18.6. The van der Waals surface area contributed by atoms with Gasteiger partial charge in [0.05, 0.1) is 40.9 Å². The van der Waals surface area contributed by atoms with E-state index < -0.39 is 26.3 Å². The highest BCUT2D eigenvalue weighted by Crippen LogP contribution is 2.40. The van der Waals surface area contributed by atoms with E-state index in [0.717, 1.165) is 16.6 Å². The monoisotopic (exact) mass is 455 g/mol. The third kappa shape index (κ3) is 3.22. The molecule has 1 fully saturated rings. The number of anilines is 1. The average Bonchev–Trinajstić information content (AvgIpc) is 3.17. The topological polar surface area (TPSA) is 128 Å². The SMILES string of the molecule is CC1(C)C(N)N[C@@]2(COCc3ccc(NC(=O)c4cc5ccccn5n4)cc32)CS1(=O)=O. The third-order valence-electron chi connectivity index (χ3n) is 6.51. The van der Waals surface area contributed by atoms with E-state index in [-0.39, 0.29) is 24.0 Å². The van der Waals surface area contributed by atoms with Gasteiger partial charge in [-0.1, -0.05) is 12.1 Å². The van der Waals surface area contributed by atoms with Crippen LogP contribution in [0.5, 0.6) is 0 Å². The van der Waals surface area contributed by atoms with Crippen molar-refractivity contribution in [2.24, 2.45) is 5.73 Å².